The van der Waals surface area contributed by atoms with Gasteiger partial charge in [0.2, 0.25) is 15.9 Å². The van der Waals surface area contributed by atoms with E-state index in [4.69, 9.17) is 44.3 Å². The van der Waals surface area contributed by atoms with Crippen LogP contribution in [0.1, 0.15) is 5.56 Å². The molecule has 3 aromatic rings. The van der Waals surface area contributed by atoms with Crippen LogP contribution in [0.25, 0.3) is 0 Å². The van der Waals surface area contributed by atoms with Crippen molar-refractivity contribution in [2.24, 2.45) is 0 Å². The van der Waals surface area contributed by atoms with Crippen molar-refractivity contribution in [1.82, 2.24) is 4.72 Å². The number of hydrogen-bond acceptors (Lipinski definition) is 5. The molecule has 0 aliphatic carbocycles. The van der Waals surface area contributed by atoms with Crippen molar-refractivity contribution in [1.29, 1.82) is 0 Å². The van der Waals surface area contributed by atoms with Crippen molar-refractivity contribution in [3.8, 4) is 11.5 Å². The average molecular weight is 544 g/mol. The van der Waals surface area contributed by atoms with Crippen LogP contribution in [0.15, 0.2) is 65.6 Å². The molecule has 1 amide bonds. The quantitative estimate of drug-likeness (QED) is 0.362. The average Bonchev–Trinajstić information content (AvgIpc) is 2.82. The third-order valence-corrected chi connectivity index (χ3v) is 7.33. The first-order valence-corrected chi connectivity index (χ1v) is 12.5. The summed E-state index contributed by atoms with van der Waals surface area (Å²) in [4.78, 5) is 13.1. The van der Waals surface area contributed by atoms with Crippen LogP contribution in [0, 0.1) is 0 Å². The van der Waals surface area contributed by atoms with Gasteiger partial charge in [-0.2, -0.15) is 4.72 Å². The van der Waals surface area contributed by atoms with Gasteiger partial charge in [0.15, 0.2) is 11.5 Å². The first kappa shape index (κ1) is 26.1. The largest absolute Gasteiger partial charge is 0.493 e. The molecule has 0 heterocycles. The molecule has 0 aliphatic heterocycles. The number of amides is 1. The van der Waals surface area contributed by atoms with Gasteiger partial charge in [0.05, 0.1) is 39.9 Å². The number of carbonyl (C=O) groups excluding carboxylic acids is 1. The van der Waals surface area contributed by atoms with Gasteiger partial charge in [0, 0.05) is 6.07 Å². The Morgan fingerprint density at radius 2 is 1.53 bits per heavy atom. The molecular weight excluding hydrogens is 523 g/mol. The van der Waals surface area contributed by atoms with E-state index >= 15 is 0 Å². The Kier molecular flexibility index (Phi) is 8.67. The van der Waals surface area contributed by atoms with E-state index in [9.17, 15) is 13.2 Å². The van der Waals surface area contributed by atoms with E-state index in [1.807, 2.05) is 6.07 Å². The lowest BCUT2D eigenvalue weighted by Crippen LogP contribution is -2.45. The van der Waals surface area contributed by atoms with E-state index in [-0.39, 0.29) is 37.8 Å². The van der Waals surface area contributed by atoms with Crippen LogP contribution in [-0.2, 0) is 21.2 Å². The number of anilines is 1. The minimum absolute atomic E-state index is 0.0815. The minimum atomic E-state index is -4.13. The van der Waals surface area contributed by atoms with E-state index in [1.54, 1.807) is 24.3 Å². The summed E-state index contributed by atoms with van der Waals surface area (Å²) in [5, 5.41) is 3.19. The number of hydrogen-bond donors (Lipinski definition) is 2. The van der Waals surface area contributed by atoms with Crippen LogP contribution in [0.5, 0.6) is 11.5 Å². The van der Waals surface area contributed by atoms with Crippen LogP contribution in [0.2, 0.25) is 15.1 Å². The molecule has 3 rings (SSSR count). The summed E-state index contributed by atoms with van der Waals surface area (Å²) in [6.45, 7) is 0. The van der Waals surface area contributed by atoms with Crippen LogP contribution in [0.4, 0.5) is 5.69 Å². The molecule has 0 unspecified atom stereocenters. The Morgan fingerprint density at radius 3 is 2.18 bits per heavy atom. The minimum Gasteiger partial charge on any atom is -0.493 e. The molecule has 11 heteroatoms. The number of halogens is 3. The number of rotatable bonds is 9. The first-order valence-electron chi connectivity index (χ1n) is 9.88. The Morgan fingerprint density at radius 1 is 0.882 bits per heavy atom. The fourth-order valence-electron chi connectivity index (χ4n) is 3.11. The van der Waals surface area contributed by atoms with Gasteiger partial charge in [0.1, 0.15) is 6.04 Å². The molecule has 0 saturated carbocycles. The molecule has 180 valence electrons. The molecule has 0 radical (unpaired) electrons. The van der Waals surface area contributed by atoms with E-state index in [0.717, 1.165) is 5.56 Å². The highest BCUT2D eigenvalue weighted by atomic mass is 35.5. The molecule has 0 fully saturated rings. The SMILES string of the molecule is COc1ccc(S(=O)(=O)N[C@H](Cc2ccccc2)C(=O)Nc2cc(Cl)c(Cl)cc2Cl)cc1OC. The monoisotopic (exact) mass is 542 g/mol. The zero-order chi connectivity index (χ0) is 24.9. The van der Waals surface area contributed by atoms with Gasteiger partial charge in [0.25, 0.3) is 0 Å². The van der Waals surface area contributed by atoms with Gasteiger partial charge in [-0.3, -0.25) is 4.79 Å². The van der Waals surface area contributed by atoms with Gasteiger partial charge in [-0.05, 0) is 36.2 Å². The van der Waals surface area contributed by atoms with Crippen molar-refractivity contribution >= 4 is 56.4 Å². The molecule has 0 bridgehead atoms. The smallest absolute Gasteiger partial charge is 0.242 e. The molecule has 0 spiro atoms. The molecule has 34 heavy (non-hydrogen) atoms. The van der Waals surface area contributed by atoms with Crippen molar-refractivity contribution in [3.63, 3.8) is 0 Å². The van der Waals surface area contributed by atoms with Crippen LogP contribution < -0.4 is 19.5 Å². The number of sulfonamides is 1. The summed E-state index contributed by atoms with van der Waals surface area (Å²) >= 11 is 18.2. The second kappa shape index (κ2) is 11.3. The third kappa shape index (κ3) is 6.34. The molecule has 1 atom stereocenters. The summed E-state index contributed by atoms with van der Waals surface area (Å²) < 4.78 is 39.2. The van der Waals surface area contributed by atoms with Crippen LogP contribution in [-0.4, -0.2) is 34.6 Å². The van der Waals surface area contributed by atoms with Gasteiger partial charge in [-0.25, -0.2) is 8.42 Å². The summed E-state index contributed by atoms with van der Waals surface area (Å²) in [5.41, 5.74) is 0.947. The van der Waals surface area contributed by atoms with Crippen molar-refractivity contribution < 1.29 is 22.7 Å². The molecular formula is C23H21Cl3N2O5S. The van der Waals surface area contributed by atoms with Crippen molar-refractivity contribution in [2.45, 2.75) is 17.4 Å². The number of methoxy groups -OCH3 is 2. The lowest BCUT2D eigenvalue weighted by atomic mass is 10.1. The summed E-state index contributed by atoms with van der Waals surface area (Å²) in [7, 11) is -1.29. The van der Waals surface area contributed by atoms with Crippen LogP contribution >= 0.6 is 34.8 Å². The normalized spacial score (nSPS) is 12.1. The maximum Gasteiger partial charge on any atom is 0.242 e. The van der Waals surface area contributed by atoms with Gasteiger partial charge >= 0.3 is 0 Å². The fourth-order valence-corrected chi connectivity index (χ4v) is 4.92. The molecule has 0 aromatic heterocycles. The Bertz CT molecular complexity index is 1290. The Hall–Kier alpha value is -2.49. The lowest BCUT2D eigenvalue weighted by Gasteiger charge is -2.20. The van der Waals surface area contributed by atoms with Crippen LogP contribution in [0.3, 0.4) is 0 Å². The topological polar surface area (TPSA) is 93.7 Å². The highest BCUT2D eigenvalue weighted by molar-refractivity contribution is 7.89. The van der Waals surface area contributed by atoms with Crippen molar-refractivity contribution in [2.75, 3.05) is 19.5 Å². The Balaban J connectivity index is 1.93. The molecule has 7 nitrogen and oxygen atoms in total. The first-order chi connectivity index (χ1) is 16.1. The predicted molar refractivity (Wildman–Crippen MR) is 134 cm³/mol. The van der Waals surface area contributed by atoms with E-state index in [0.29, 0.717) is 5.75 Å². The highest BCUT2D eigenvalue weighted by Gasteiger charge is 2.27. The zero-order valence-electron chi connectivity index (χ0n) is 18.1. The second-order valence-electron chi connectivity index (χ2n) is 7.12. The zero-order valence-corrected chi connectivity index (χ0v) is 21.2. The maximum atomic E-state index is 13.2. The second-order valence-corrected chi connectivity index (χ2v) is 10.1. The summed E-state index contributed by atoms with van der Waals surface area (Å²) in [6, 6.07) is 14.7. The predicted octanol–water partition coefficient (Wildman–Crippen LogP) is 5.19. The summed E-state index contributed by atoms with van der Waals surface area (Å²) in [5.74, 6) is -0.0282. The van der Waals surface area contributed by atoms with E-state index in [2.05, 4.69) is 10.0 Å². The van der Waals surface area contributed by atoms with Gasteiger partial charge in [-0.15, -0.1) is 0 Å². The number of ether oxygens (including phenoxy) is 2. The molecule has 0 saturated heterocycles. The van der Waals surface area contributed by atoms with Crippen molar-refractivity contribution in [3.05, 3.63) is 81.3 Å². The molecule has 0 aliphatic rings. The third-order valence-electron chi connectivity index (χ3n) is 4.83. The molecule has 2 N–H and O–H groups in total. The number of nitrogens with one attached hydrogen (secondary N) is 2. The standard InChI is InChI=1S/C23H21Cl3N2O5S/c1-32-21-9-8-15(11-22(21)33-2)34(30,31)28-20(10-14-6-4-3-5-7-14)23(29)27-19-13-17(25)16(24)12-18(19)26/h3-9,11-13,20,28H,10H2,1-2H3,(H,27,29)/t20-/m1/s1. The number of carbonyl (C=O) groups is 1. The number of benzene rings is 3. The maximum absolute atomic E-state index is 13.2. The van der Waals surface area contributed by atoms with E-state index in [1.165, 1.54) is 44.6 Å². The lowest BCUT2D eigenvalue weighted by molar-refractivity contribution is -0.117. The fraction of sp³-hybridized carbons (Fsp3) is 0.174. The molecule has 3 aromatic carbocycles. The Labute approximate surface area is 213 Å². The van der Waals surface area contributed by atoms with Gasteiger partial charge < -0.3 is 14.8 Å². The summed E-state index contributed by atoms with van der Waals surface area (Å²) in [6.07, 6.45) is 0.0815. The highest BCUT2D eigenvalue weighted by Crippen LogP contribution is 2.33. The van der Waals surface area contributed by atoms with Gasteiger partial charge in [-0.1, -0.05) is 65.1 Å². The van der Waals surface area contributed by atoms with E-state index < -0.39 is 22.0 Å².